The molecule has 4 rings (SSSR count). The number of halogens is 1. The molecule has 0 unspecified atom stereocenters. The fourth-order valence-corrected chi connectivity index (χ4v) is 4.46. The third-order valence-electron chi connectivity index (χ3n) is 5.60. The molecule has 2 aliphatic rings. The highest BCUT2D eigenvalue weighted by Crippen LogP contribution is 2.33. The van der Waals surface area contributed by atoms with Crippen LogP contribution >= 0.6 is 11.6 Å². The van der Waals surface area contributed by atoms with Crippen LogP contribution in [0.25, 0.3) is 10.9 Å². The molecule has 1 aromatic heterocycles. The van der Waals surface area contributed by atoms with Crippen LogP contribution in [0.4, 0.5) is 4.79 Å². The van der Waals surface area contributed by atoms with E-state index in [-0.39, 0.29) is 11.9 Å². The van der Waals surface area contributed by atoms with E-state index in [1.165, 1.54) is 4.90 Å². The van der Waals surface area contributed by atoms with E-state index in [4.69, 9.17) is 21.7 Å². The minimum absolute atomic E-state index is 0.0925. The van der Waals surface area contributed by atoms with Crippen molar-refractivity contribution in [2.75, 3.05) is 19.6 Å². The Morgan fingerprint density at radius 3 is 2.74 bits per heavy atom. The van der Waals surface area contributed by atoms with Gasteiger partial charge in [0.1, 0.15) is 0 Å². The number of hydrogen-bond donors (Lipinski definition) is 1. The lowest BCUT2D eigenvalue weighted by Gasteiger charge is -2.38. The van der Waals surface area contributed by atoms with E-state index in [9.17, 15) is 9.59 Å². The van der Waals surface area contributed by atoms with E-state index < -0.39 is 6.09 Å². The third-order valence-corrected chi connectivity index (χ3v) is 6.03. The van der Waals surface area contributed by atoms with Crippen molar-refractivity contribution >= 4 is 34.5 Å². The Kier molecular flexibility index (Phi) is 4.68. The molecule has 27 heavy (non-hydrogen) atoms. The molecule has 2 amide bonds. The lowest BCUT2D eigenvalue weighted by Crippen LogP contribution is -2.55. The molecule has 0 radical (unpaired) electrons. The maximum atomic E-state index is 13.0. The second-order valence-electron chi connectivity index (χ2n) is 7.37. The van der Waals surface area contributed by atoms with Gasteiger partial charge in [-0.2, -0.15) is 0 Å². The third kappa shape index (κ3) is 3.23. The second kappa shape index (κ2) is 7.00. The van der Waals surface area contributed by atoms with Crippen LogP contribution in [-0.4, -0.2) is 57.6 Å². The summed E-state index contributed by atoms with van der Waals surface area (Å²) in [6.07, 6.45) is 3.20. The van der Waals surface area contributed by atoms with Gasteiger partial charge in [0.2, 0.25) is 0 Å². The van der Waals surface area contributed by atoms with Crippen molar-refractivity contribution < 1.29 is 14.7 Å². The molecule has 1 saturated heterocycles. The SMILES string of the molecule is C[C@H]1CN(C(=O)O)CCN1C(=O)c1ccc2c(Cl)c3c(nc2c1)CCCC3. The molecule has 7 heteroatoms. The van der Waals surface area contributed by atoms with Gasteiger partial charge in [0, 0.05) is 42.3 Å². The minimum atomic E-state index is -0.941. The number of pyridine rings is 1. The number of fused-ring (bicyclic) bond motifs is 2. The number of carboxylic acid groups (broad SMARTS) is 1. The first-order valence-corrected chi connectivity index (χ1v) is 9.73. The molecule has 142 valence electrons. The van der Waals surface area contributed by atoms with Gasteiger partial charge in [0.05, 0.1) is 10.5 Å². The second-order valence-corrected chi connectivity index (χ2v) is 7.74. The summed E-state index contributed by atoms with van der Waals surface area (Å²) < 4.78 is 0. The van der Waals surface area contributed by atoms with Crippen LogP contribution in [0.3, 0.4) is 0 Å². The Bertz CT molecular complexity index is 930. The van der Waals surface area contributed by atoms with Gasteiger partial charge < -0.3 is 14.9 Å². The topological polar surface area (TPSA) is 73.7 Å². The van der Waals surface area contributed by atoms with Crippen molar-refractivity contribution in [3.63, 3.8) is 0 Å². The quantitative estimate of drug-likeness (QED) is 0.811. The smallest absolute Gasteiger partial charge is 0.407 e. The van der Waals surface area contributed by atoms with Gasteiger partial charge in [-0.15, -0.1) is 0 Å². The van der Waals surface area contributed by atoms with E-state index in [0.29, 0.717) is 25.2 Å². The highest BCUT2D eigenvalue weighted by Gasteiger charge is 2.30. The fraction of sp³-hybridized carbons (Fsp3) is 0.450. The van der Waals surface area contributed by atoms with E-state index in [1.807, 2.05) is 19.1 Å². The predicted octanol–water partition coefficient (Wildman–Crippen LogP) is 3.59. The molecule has 1 fully saturated rings. The lowest BCUT2D eigenvalue weighted by molar-refractivity contribution is 0.0484. The highest BCUT2D eigenvalue weighted by molar-refractivity contribution is 6.36. The van der Waals surface area contributed by atoms with Crippen LogP contribution in [-0.2, 0) is 12.8 Å². The van der Waals surface area contributed by atoms with E-state index in [2.05, 4.69) is 0 Å². The Hall–Kier alpha value is -2.34. The number of hydrogen-bond acceptors (Lipinski definition) is 3. The summed E-state index contributed by atoms with van der Waals surface area (Å²) in [5, 5.41) is 10.8. The van der Waals surface area contributed by atoms with Gasteiger partial charge in [-0.3, -0.25) is 9.78 Å². The van der Waals surface area contributed by atoms with Crippen molar-refractivity contribution in [1.82, 2.24) is 14.8 Å². The van der Waals surface area contributed by atoms with Crippen LogP contribution in [0.2, 0.25) is 5.02 Å². The fourth-order valence-electron chi connectivity index (χ4n) is 4.10. The summed E-state index contributed by atoms with van der Waals surface area (Å²) >= 11 is 6.61. The molecule has 6 nitrogen and oxygen atoms in total. The number of aryl methyl sites for hydroxylation is 1. The van der Waals surface area contributed by atoms with E-state index in [0.717, 1.165) is 52.9 Å². The largest absolute Gasteiger partial charge is 0.465 e. The van der Waals surface area contributed by atoms with Crippen LogP contribution in [0.1, 0.15) is 41.4 Å². The number of carbonyl (C=O) groups is 2. The molecule has 1 atom stereocenters. The molecular formula is C20H22ClN3O3. The van der Waals surface area contributed by atoms with Crippen LogP contribution in [0, 0.1) is 0 Å². The molecule has 1 N–H and O–H groups in total. The maximum absolute atomic E-state index is 13.0. The Morgan fingerprint density at radius 1 is 1.22 bits per heavy atom. The molecule has 1 aliphatic carbocycles. The average molecular weight is 388 g/mol. The number of aromatic nitrogens is 1. The zero-order valence-corrected chi connectivity index (χ0v) is 16.0. The number of rotatable bonds is 1. The maximum Gasteiger partial charge on any atom is 0.407 e. The summed E-state index contributed by atoms with van der Waals surface area (Å²) in [4.78, 5) is 32.0. The lowest BCUT2D eigenvalue weighted by atomic mass is 9.94. The first kappa shape index (κ1) is 18.0. The summed E-state index contributed by atoms with van der Waals surface area (Å²) in [6.45, 7) is 2.92. The van der Waals surface area contributed by atoms with Crippen molar-refractivity contribution in [2.24, 2.45) is 0 Å². The molecular weight excluding hydrogens is 366 g/mol. The van der Waals surface area contributed by atoms with Gasteiger partial charge >= 0.3 is 6.09 Å². The monoisotopic (exact) mass is 387 g/mol. The van der Waals surface area contributed by atoms with Crippen molar-refractivity contribution in [2.45, 2.75) is 38.6 Å². The van der Waals surface area contributed by atoms with Gasteiger partial charge in [-0.05, 0) is 50.3 Å². The Balaban J connectivity index is 1.64. The normalized spacial score (nSPS) is 19.9. The molecule has 1 aromatic carbocycles. The predicted molar refractivity (Wildman–Crippen MR) is 103 cm³/mol. The van der Waals surface area contributed by atoms with Crippen LogP contribution in [0.5, 0.6) is 0 Å². The van der Waals surface area contributed by atoms with Gasteiger partial charge in [-0.25, -0.2) is 4.79 Å². The zero-order valence-electron chi connectivity index (χ0n) is 15.2. The molecule has 1 aliphatic heterocycles. The first-order valence-electron chi connectivity index (χ1n) is 9.35. The van der Waals surface area contributed by atoms with Crippen LogP contribution < -0.4 is 0 Å². The number of piperazine rings is 1. The number of carbonyl (C=O) groups excluding carboxylic acids is 1. The molecule has 2 aromatic rings. The number of nitrogens with zero attached hydrogens (tertiary/aromatic N) is 3. The van der Waals surface area contributed by atoms with Gasteiger partial charge in [-0.1, -0.05) is 17.7 Å². The molecule has 0 spiro atoms. The Morgan fingerprint density at radius 2 is 2.00 bits per heavy atom. The van der Waals surface area contributed by atoms with E-state index >= 15 is 0 Å². The summed E-state index contributed by atoms with van der Waals surface area (Å²) in [5.74, 6) is -0.0925. The van der Waals surface area contributed by atoms with Gasteiger partial charge in [0.15, 0.2) is 0 Å². The van der Waals surface area contributed by atoms with E-state index in [1.54, 1.807) is 11.0 Å². The molecule has 0 bridgehead atoms. The summed E-state index contributed by atoms with van der Waals surface area (Å²) in [6, 6.07) is 5.32. The molecule has 0 saturated carbocycles. The summed E-state index contributed by atoms with van der Waals surface area (Å²) in [7, 11) is 0. The van der Waals surface area contributed by atoms with Crippen molar-refractivity contribution in [3.8, 4) is 0 Å². The average Bonchev–Trinajstić information content (AvgIpc) is 2.67. The summed E-state index contributed by atoms with van der Waals surface area (Å²) in [5.41, 5.74) is 3.51. The van der Waals surface area contributed by atoms with Gasteiger partial charge in [0.25, 0.3) is 5.91 Å². The van der Waals surface area contributed by atoms with Crippen LogP contribution in [0.15, 0.2) is 18.2 Å². The molecule has 2 heterocycles. The van der Waals surface area contributed by atoms with Crippen molar-refractivity contribution in [1.29, 1.82) is 0 Å². The minimum Gasteiger partial charge on any atom is -0.465 e. The highest BCUT2D eigenvalue weighted by atomic mass is 35.5. The first-order chi connectivity index (χ1) is 13.0. The number of benzene rings is 1. The Labute approximate surface area is 162 Å². The zero-order chi connectivity index (χ0) is 19.1. The number of amides is 2. The standard InChI is InChI=1S/C20H22ClN3O3/c1-12-11-23(20(26)27)8-9-24(12)19(25)13-6-7-15-17(10-13)22-16-5-3-2-4-14(16)18(15)21/h6-7,10,12H,2-5,8-9,11H2,1H3,(H,26,27)/t12-/m0/s1. The van der Waals surface area contributed by atoms with Crippen molar-refractivity contribution in [3.05, 3.63) is 40.0 Å².